The van der Waals surface area contributed by atoms with Crippen molar-refractivity contribution < 1.29 is 9.53 Å². The second-order valence-electron chi connectivity index (χ2n) is 4.52. The number of carbonyl (C=O) groups is 1. The molecule has 0 saturated carbocycles. The Balaban J connectivity index is 2.14. The van der Waals surface area contributed by atoms with E-state index in [1.165, 1.54) is 0 Å². The number of ether oxygens (including phenoxy) is 1. The summed E-state index contributed by atoms with van der Waals surface area (Å²) in [6.45, 7) is 3.73. The zero-order valence-electron chi connectivity index (χ0n) is 11.6. The lowest BCUT2D eigenvalue weighted by atomic mass is 10.2. The molecule has 0 atom stereocenters. The zero-order chi connectivity index (χ0) is 15.2. The van der Waals surface area contributed by atoms with E-state index in [9.17, 15) is 4.79 Å². The van der Waals surface area contributed by atoms with Gasteiger partial charge < -0.3 is 9.64 Å². The van der Waals surface area contributed by atoms with E-state index in [2.05, 4.69) is 10.5 Å². The Morgan fingerprint density at radius 2 is 2.19 bits per heavy atom. The minimum absolute atomic E-state index is 0.198. The van der Waals surface area contributed by atoms with Gasteiger partial charge in [0.2, 0.25) is 5.71 Å². The molecule has 7 heteroatoms. The standard InChI is InChI=1S/C14H15ClN4O2/c1-10-3-2-4-11(15)13(10)18-17-12(9-16)14(20)19-5-7-21-8-6-19/h2-4,18H,5-8H2,1H3/b17-12+. The molecule has 2 rings (SSSR count). The second-order valence-corrected chi connectivity index (χ2v) is 4.93. The SMILES string of the molecule is Cc1cccc(Cl)c1N/N=C(\C#N)C(=O)N1CCOCC1. The highest BCUT2D eigenvalue weighted by Crippen LogP contribution is 2.25. The van der Waals surface area contributed by atoms with Gasteiger partial charge in [-0.2, -0.15) is 10.4 Å². The van der Waals surface area contributed by atoms with Gasteiger partial charge in [-0.25, -0.2) is 0 Å². The number of nitriles is 1. The van der Waals surface area contributed by atoms with Crippen LogP contribution in [0.15, 0.2) is 23.3 Å². The van der Waals surface area contributed by atoms with Crippen LogP contribution >= 0.6 is 11.6 Å². The maximum atomic E-state index is 12.2. The predicted octanol–water partition coefficient (Wildman–Crippen LogP) is 1.80. The molecule has 1 fully saturated rings. The smallest absolute Gasteiger partial charge is 0.285 e. The van der Waals surface area contributed by atoms with Crippen molar-refractivity contribution in [2.45, 2.75) is 6.92 Å². The number of hydrazone groups is 1. The highest BCUT2D eigenvalue weighted by molar-refractivity contribution is 6.45. The molecule has 1 aromatic rings. The van der Waals surface area contributed by atoms with E-state index in [0.29, 0.717) is 37.0 Å². The summed E-state index contributed by atoms with van der Waals surface area (Å²) in [5, 5.41) is 13.5. The monoisotopic (exact) mass is 306 g/mol. The number of benzene rings is 1. The molecule has 1 saturated heterocycles. The van der Waals surface area contributed by atoms with Gasteiger partial charge in [0.15, 0.2) is 0 Å². The number of hydrogen-bond acceptors (Lipinski definition) is 5. The maximum Gasteiger partial charge on any atom is 0.285 e. The van der Waals surface area contributed by atoms with Crippen molar-refractivity contribution in [3.05, 3.63) is 28.8 Å². The third-order valence-electron chi connectivity index (χ3n) is 3.11. The van der Waals surface area contributed by atoms with Crippen LogP contribution < -0.4 is 5.43 Å². The maximum absolute atomic E-state index is 12.2. The molecule has 6 nitrogen and oxygen atoms in total. The minimum Gasteiger partial charge on any atom is -0.378 e. The molecule has 110 valence electrons. The summed E-state index contributed by atoms with van der Waals surface area (Å²) in [5.74, 6) is -0.405. The fourth-order valence-electron chi connectivity index (χ4n) is 1.92. The molecule has 0 spiro atoms. The largest absolute Gasteiger partial charge is 0.378 e. The number of halogens is 1. The van der Waals surface area contributed by atoms with Gasteiger partial charge in [-0.15, -0.1) is 0 Å². The molecule has 1 heterocycles. The van der Waals surface area contributed by atoms with Crippen LogP contribution in [0.4, 0.5) is 5.69 Å². The summed E-state index contributed by atoms with van der Waals surface area (Å²) in [4.78, 5) is 13.7. The van der Waals surface area contributed by atoms with Crippen LogP contribution in [-0.2, 0) is 9.53 Å². The molecule has 1 aliphatic rings. The van der Waals surface area contributed by atoms with Gasteiger partial charge >= 0.3 is 0 Å². The van der Waals surface area contributed by atoms with Crippen LogP contribution in [0.3, 0.4) is 0 Å². The van der Waals surface area contributed by atoms with E-state index in [0.717, 1.165) is 5.56 Å². The third kappa shape index (κ3) is 3.72. The Kier molecular flexibility index (Phi) is 5.14. The van der Waals surface area contributed by atoms with Crippen molar-refractivity contribution in [1.82, 2.24) is 4.90 Å². The topological polar surface area (TPSA) is 77.7 Å². The number of hydrogen-bond donors (Lipinski definition) is 1. The van der Waals surface area contributed by atoms with Crippen LogP contribution in [0.2, 0.25) is 5.02 Å². The van der Waals surface area contributed by atoms with E-state index in [4.69, 9.17) is 21.6 Å². The van der Waals surface area contributed by atoms with Crippen molar-refractivity contribution in [2.24, 2.45) is 5.10 Å². The average molecular weight is 307 g/mol. The quantitative estimate of drug-likeness (QED) is 0.682. The summed E-state index contributed by atoms with van der Waals surface area (Å²) in [5.41, 5.74) is 3.97. The van der Waals surface area contributed by atoms with E-state index in [-0.39, 0.29) is 5.71 Å². The Hall–Kier alpha value is -2.10. The summed E-state index contributed by atoms with van der Waals surface area (Å²) in [6.07, 6.45) is 0. The predicted molar refractivity (Wildman–Crippen MR) is 80.3 cm³/mol. The first-order valence-electron chi connectivity index (χ1n) is 6.49. The highest BCUT2D eigenvalue weighted by atomic mass is 35.5. The number of para-hydroxylation sites is 1. The number of nitrogens with zero attached hydrogens (tertiary/aromatic N) is 3. The molecular formula is C14H15ClN4O2. The number of carbonyl (C=O) groups excluding carboxylic acids is 1. The fourth-order valence-corrected chi connectivity index (χ4v) is 2.19. The number of nitrogens with one attached hydrogen (secondary N) is 1. The van der Waals surface area contributed by atoms with E-state index < -0.39 is 5.91 Å². The van der Waals surface area contributed by atoms with E-state index in [1.807, 2.05) is 25.1 Å². The number of rotatable bonds is 3. The van der Waals surface area contributed by atoms with Crippen LogP contribution in [0.25, 0.3) is 0 Å². The molecule has 0 aromatic heterocycles. The first-order chi connectivity index (χ1) is 10.1. The molecule has 0 bridgehead atoms. The summed E-state index contributed by atoms with van der Waals surface area (Å²) in [6, 6.07) is 7.21. The molecule has 1 N–H and O–H groups in total. The van der Waals surface area contributed by atoms with Crippen molar-refractivity contribution in [1.29, 1.82) is 5.26 Å². The lowest BCUT2D eigenvalue weighted by Gasteiger charge is -2.25. The Labute approximate surface area is 127 Å². The lowest BCUT2D eigenvalue weighted by molar-refractivity contribution is -0.127. The van der Waals surface area contributed by atoms with Crippen molar-refractivity contribution in [3.63, 3.8) is 0 Å². The summed E-state index contributed by atoms with van der Waals surface area (Å²) in [7, 11) is 0. The molecular weight excluding hydrogens is 292 g/mol. The van der Waals surface area contributed by atoms with Gasteiger partial charge in [0.1, 0.15) is 6.07 Å². The highest BCUT2D eigenvalue weighted by Gasteiger charge is 2.22. The minimum atomic E-state index is -0.405. The van der Waals surface area contributed by atoms with Crippen LogP contribution in [0.1, 0.15) is 5.56 Å². The van der Waals surface area contributed by atoms with E-state index in [1.54, 1.807) is 11.0 Å². The summed E-state index contributed by atoms with van der Waals surface area (Å²) < 4.78 is 5.17. The van der Waals surface area contributed by atoms with Crippen molar-refractivity contribution in [2.75, 3.05) is 31.7 Å². The molecule has 21 heavy (non-hydrogen) atoms. The molecule has 1 aromatic carbocycles. The second kappa shape index (κ2) is 7.07. The van der Waals surface area contributed by atoms with E-state index >= 15 is 0 Å². The fraction of sp³-hybridized carbons (Fsp3) is 0.357. The zero-order valence-corrected chi connectivity index (χ0v) is 12.4. The lowest BCUT2D eigenvalue weighted by Crippen LogP contribution is -2.44. The molecule has 1 amide bonds. The molecule has 1 aliphatic heterocycles. The summed E-state index contributed by atoms with van der Waals surface area (Å²) >= 11 is 6.06. The third-order valence-corrected chi connectivity index (χ3v) is 3.42. The van der Waals surface area contributed by atoms with Gasteiger partial charge in [0.25, 0.3) is 5.91 Å². The number of anilines is 1. The number of aryl methyl sites for hydroxylation is 1. The Morgan fingerprint density at radius 3 is 2.81 bits per heavy atom. The van der Waals surface area contributed by atoms with Gasteiger partial charge in [-0.3, -0.25) is 10.2 Å². The molecule has 0 aliphatic carbocycles. The Bertz CT molecular complexity index is 583. The van der Waals surface area contributed by atoms with Crippen LogP contribution in [0, 0.1) is 18.3 Å². The van der Waals surface area contributed by atoms with Crippen LogP contribution in [-0.4, -0.2) is 42.8 Å². The first kappa shape index (κ1) is 15.3. The number of morpholine rings is 1. The van der Waals surface area contributed by atoms with Gasteiger partial charge in [-0.1, -0.05) is 23.7 Å². The number of amides is 1. The van der Waals surface area contributed by atoms with Crippen molar-refractivity contribution >= 4 is 28.9 Å². The average Bonchev–Trinajstić information content (AvgIpc) is 2.51. The first-order valence-corrected chi connectivity index (χ1v) is 6.87. The van der Waals surface area contributed by atoms with Gasteiger partial charge in [0.05, 0.1) is 23.9 Å². The van der Waals surface area contributed by atoms with Crippen LogP contribution in [0.5, 0.6) is 0 Å². The molecule has 0 unspecified atom stereocenters. The van der Waals surface area contributed by atoms with Gasteiger partial charge in [0, 0.05) is 13.1 Å². The van der Waals surface area contributed by atoms with Gasteiger partial charge in [-0.05, 0) is 18.6 Å². The molecule has 0 radical (unpaired) electrons. The normalized spacial score (nSPS) is 15.5. The van der Waals surface area contributed by atoms with Crippen molar-refractivity contribution in [3.8, 4) is 6.07 Å². The Morgan fingerprint density at radius 1 is 1.48 bits per heavy atom.